The molecule has 0 radical (unpaired) electrons. The van der Waals surface area contributed by atoms with Crippen LogP contribution in [0.4, 0.5) is 0 Å². The van der Waals surface area contributed by atoms with Gasteiger partial charge in [-0.15, -0.1) is 0 Å². The van der Waals surface area contributed by atoms with Crippen molar-refractivity contribution in [3.8, 4) is 0 Å². The van der Waals surface area contributed by atoms with Crippen molar-refractivity contribution in [1.82, 2.24) is 15.6 Å². The molecule has 1 aromatic heterocycles. The van der Waals surface area contributed by atoms with Gasteiger partial charge in [0.15, 0.2) is 0 Å². The van der Waals surface area contributed by atoms with Gasteiger partial charge in [-0.05, 0) is 32.0 Å². The molecule has 4 heteroatoms. The van der Waals surface area contributed by atoms with Crippen molar-refractivity contribution in [3.63, 3.8) is 0 Å². The number of carbonyl (C=O) groups is 1. The van der Waals surface area contributed by atoms with Crippen molar-refractivity contribution in [3.05, 3.63) is 30.1 Å². The van der Waals surface area contributed by atoms with E-state index in [0.29, 0.717) is 6.42 Å². The molecule has 1 unspecified atom stereocenters. The first-order valence-electron chi connectivity index (χ1n) is 5.60. The van der Waals surface area contributed by atoms with E-state index < -0.39 is 0 Å². The second kappa shape index (κ2) is 4.61. The lowest BCUT2D eigenvalue weighted by Gasteiger charge is -2.24. The Bertz CT molecular complexity index is 358. The molecule has 1 saturated heterocycles. The Morgan fingerprint density at radius 3 is 3.12 bits per heavy atom. The summed E-state index contributed by atoms with van der Waals surface area (Å²) in [6, 6.07) is 5.62. The number of carbonyl (C=O) groups excluding carboxylic acids is 1. The van der Waals surface area contributed by atoms with Gasteiger partial charge in [-0.25, -0.2) is 0 Å². The Balaban J connectivity index is 1.89. The highest BCUT2D eigenvalue weighted by Gasteiger charge is 2.29. The number of pyridine rings is 1. The van der Waals surface area contributed by atoms with Gasteiger partial charge in [-0.2, -0.15) is 0 Å². The van der Waals surface area contributed by atoms with Crippen molar-refractivity contribution < 1.29 is 4.79 Å². The number of aromatic nitrogens is 1. The molecule has 0 aromatic carbocycles. The van der Waals surface area contributed by atoms with Gasteiger partial charge in [-0.3, -0.25) is 9.78 Å². The molecule has 1 amide bonds. The van der Waals surface area contributed by atoms with Gasteiger partial charge < -0.3 is 10.6 Å². The maximum Gasteiger partial charge on any atom is 0.226 e. The lowest BCUT2D eigenvalue weighted by Crippen LogP contribution is -2.48. The van der Waals surface area contributed by atoms with Crippen LogP contribution in [0.5, 0.6) is 0 Å². The zero-order valence-corrected chi connectivity index (χ0v) is 9.49. The van der Waals surface area contributed by atoms with Crippen molar-refractivity contribution >= 4 is 5.91 Å². The van der Waals surface area contributed by atoms with E-state index in [1.54, 1.807) is 6.20 Å². The standard InChI is InChI=1S/C12H17N3O/c1-12(5-7-13-9-12)15-11(16)8-10-4-2-3-6-14-10/h2-4,6,13H,5,7-9H2,1H3,(H,15,16). The highest BCUT2D eigenvalue weighted by molar-refractivity contribution is 5.78. The Morgan fingerprint density at radius 1 is 1.62 bits per heavy atom. The highest BCUT2D eigenvalue weighted by atomic mass is 16.1. The van der Waals surface area contributed by atoms with Crippen LogP contribution in [0.3, 0.4) is 0 Å². The minimum absolute atomic E-state index is 0.0462. The molecular weight excluding hydrogens is 202 g/mol. The fraction of sp³-hybridized carbons (Fsp3) is 0.500. The maximum absolute atomic E-state index is 11.8. The molecule has 4 nitrogen and oxygen atoms in total. The van der Waals surface area contributed by atoms with E-state index in [1.807, 2.05) is 18.2 Å². The number of hydrogen-bond acceptors (Lipinski definition) is 3. The fourth-order valence-corrected chi connectivity index (χ4v) is 1.97. The Hall–Kier alpha value is -1.42. The Morgan fingerprint density at radius 2 is 2.50 bits per heavy atom. The average molecular weight is 219 g/mol. The van der Waals surface area contributed by atoms with Gasteiger partial charge in [0, 0.05) is 18.4 Å². The van der Waals surface area contributed by atoms with Crippen molar-refractivity contribution in [2.24, 2.45) is 0 Å². The summed E-state index contributed by atoms with van der Waals surface area (Å²) in [5, 5.41) is 6.31. The minimum atomic E-state index is -0.0914. The number of nitrogens with zero attached hydrogens (tertiary/aromatic N) is 1. The smallest absolute Gasteiger partial charge is 0.226 e. The Kier molecular flexibility index (Phi) is 3.19. The second-order valence-electron chi connectivity index (χ2n) is 4.53. The molecule has 0 saturated carbocycles. The number of hydrogen-bond donors (Lipinski definition) is 2. The van der Waals surface area contributed by atoms with Crippen LogP contribution in [0.25, 0.3) is 0 Å². The minimum Gasteiger partial charge on any atom is -0.349 e. The summed E-state index contributed by atoms with van der Waals surface area (Å²) in [4.78, 5) is 15.9. The van der Waals surface area contributed by atoms with Gasteiger partial charge in [0.2, 0.25) is 5.91 Å². The number of nitrogens with one attached hydrogen (secondary N) is 2. The Labute approximate surface area is 95.5 Å². The molecule has 16 heavy (non-hydrogen) atoms. The van der Waals surface area contributed by atoms with E-state index in [9.17, 15) is 4.79 Å². The topological polar surface area (TPSA) is 54.0 Å². The van der Waals surface area contributed by atoms with Crippen LogP contribution in [0.15, 0.2) is 24.4 Å². The quantitative estimate of drug-likeness (QED) is 0.778. The normalized spacial score (nSPS) is 24.3. The van der Waals surface area contributed by atoms with Crippen LogP contribution in [0.1, 0.15) is 19.0 Å². The third kappa shape index (κ3) is 2.79. The monoisotopic (exact) mass is 219 g/mol. The van der Waals surface area contributed by atoms with E-state index in [-0.39, 0.29) is 11.4 Å². The van der Waals surface area contributed by atoms with Gasteiger partial charge in [0.1, 0.15) is 0 Å². The summed E-state index contributed by atoms with van der Waals surface area (Å²) in [7, 11) is 0. The van der Waals surface area contributed by atoms with Crippen molar-refractivity contribution in [1.29, 1.82) is 0 Å². The third-order valence-electron chi connectivity index (χ3n) is 2.88. The molecule has 1 aliphatic heterocycles. The van der Waals surface area contributed by atoms with Gasteiger partial charge in [-0.1, -0.05) is 6.07 Å². The molecule has 1 aromatic rings. The molecule has 1 fully saturated rings. The van der Waals surface area contributed by atoms with E-state index in [0.717, 1.165) is 25.2 Å². The van der Waals surface area contributed by atoms with Gasteiger partial charge >= 0.3 is 0 Å². The summed E-state index contributed by atoms with van der Waals surface area (Å²) in [5.41, 5.74) is 0.723. The maximum atomic E-state index is 11.8. The first-order valence-corrected chi connectivity index (χ1v) is 5.60. The van der Waals surface area contributed by atoms with E-state index in [1.165, 1.54) is 0 Å². The van der Waals surface area contributed by atoms with Crippen LogP contribution in [0, 0.1) is 0 Å². The molecular formula is C12H17N3O. The van der Waals surface area contributed by atoms with Crippen LogP contribution < -0.4 is 10.6 Å². The van der Waals surface area contributed by atoms with Gasteiger partial charge in [0.05, 0.1) is 12.0 Å². The second-order valence-corrected chi connectivity index (χ2v) is 4.53. The lowest BCUT2D eigenvalue weighted by atomic mass is 10.0. The molecule has 1 aliphatic rings. The van der Waals surface area contributed by atoms with Crippen LogP contribution in [-0.2, 0) is 11.2 Å². The summed E-state index contributed by atoms with van der Waals surface area (Å²) in [6.07, 6.45) is 3.05. The van der Waals surface area contributed by atoms with Crippen LogP contribution >= 0.6 is 0 Å². The first kappa shape index (κ1) is 11.1. The molecule has 2 heterocycles. The molecule has 86 valence electrons. The zero-order chi connectivity index (χ0) is 11.4. The molecule has 2 rings (SSSR count). The first-order chi connectivity index (χ1) is 7.68. The summed E-state index contributed by atoms with van der Waals surface area (Å²) < 4.78 is 0. The molecule has 0 bridgehead atoms. The van der Waals surface area contributed by atoms with E-state index in [2.05, 4.69) is 22.5 Å². The van der Waals surface area contributed by atoms with Crippen molar-refractivity contribution in [2.45, 2.75) is 25.3 Å². The summed E-state index contributed by atoms with van der Waals surface area (Å²) in [5.74, 6) is 0.0462. The molecule has 0 aliphatic carbocycles. The number of rotatable bonds is 3. The average Bonchev–Trinajstić information content (AvgIpc) is 2.66. The summed E-state index contributed by atoms with van der Waals surface area (Å²) >= 11 is 0. The predicted octanol–water partition coefficient (Wildman–Crippen LogP) is 0.492. The zero-order valence-electron chi connectivity index (χ0n) is 9.49. The van der Waals surface area contributed by atoms with Gasteiger partial charge in [0.25, 0.3) is 0 Å². The third-order valence-corrected chi connectivity index (χ3v) is 2.88. The highest BCUT2D eigenvalue weighted by Crippen LogP contribution is 2.13. The summed E-state index contributed by atoms with van der Waals surface area (Å²) in [6.45, 7) is 3.89. The van der Waals surface area contributed by atoms with Crippen molar-refractivity contribution in [2.75, 3.05) is 13.1 Å². The van der Waals surface area contributed by atoms with Crippen LogP contribution in [-0.4, -0.2) is 29.5 Å². The SMILES string of the molecule is CC1(NC(=O)Cc2ccccn2)CCNC1. The molecule has 0 spiro atoms. The largest absolute Gasteiger partial charge is 0.349 e. The number of amides is 1. The predicted molar refractivity (Wildman–Crippen MR) is 62.0 cm³/mol. The van der Waals surface area contributed by atoms with Crippen LogP contribution in [0.2, 0.25) is 0 Å². The lowest BCUT2D eigenvalue weighted by molar-refractivity contribution is -0.122. The van der Waals surface area contributed by atoms with E-state index in [4.69, 9.17) is 0 Å². The molecule has 2 N–H and O–H groups in total. The fourth-order valence-electron chi connectivity index (χ4n) is 1.97. The molecule has 1 atom stereocenters. The van der Waals surface area contributed by atoms with E-state index >= 15 is 0 Å².